The molecule has 4 aromatic carbocycles. The van der Waals surface area contributed by atoms with E-state index in [-0.39, 0.29) is 0 Å². The minimum absolute atomic E-state index is 0.522. The molecule has 2 heteroatoms. The minimum Gasteiger partial charge on any atom is -0.200 e. The van der Waals surface area contributed by atoms with Crippen LogP contribution in [0.1, 0.15) is 50.3 Å². The second-order valence-corrected chi connectivity index (χ2v) is 11.7. The summed E-state index contributed by atoms with van der Waals surface area (Å²) in [6.45, 7) is 11.6. The Kier molecular flexibility index (Phi) is 5.00. The largest absolute Gasteiger partial charge is 0.222 e. The van der Waals surface area contributed by atoms with Gasteiger partial charge in [-0.2, -0.15) is 0 Å². The standard InChI is InChI=1S/C32H32NS/c1-18(2)15-27-24-10-8-7-9-23(24)20(5)29-31-30-25(13-14-33(31)6)26-16-21(19(3)4)11-12-22(26)17-28(30)34-32(27)29/h7-14,16-19H,15H2,1-6H3/q+1. The van der Waals surface area contributed by atoms with Gasteiger partial charge in [0.1, 0.15) is 7.05 Å². The number of nitrogens with zero attached hydrogens (tertiary/aromatic N) is 1. The Morgan fingerprint density at radius 1 is 0.853 bits per heavy atom. The predicted octanol–water partition coefficient (Wildman–Crippen LogP) is 8.73. The Hall–Kier alpha value is -2.84. The number of rotatable bonds is 3. The molecule has 0 atom stereocenters. The van der Waals surface area contributed by atoms with Crippen molar-refractivity contribution in [3.8, 4) is 11.3 Å². The summed E-state index contributed by atoms with van der Waals surface area (Å²) >= 11 is 1.99. The van der Waals surface area contributed by atoms with Crippen LogP contribution in [0.15, 0.2) is 70.6 Å². The Morgan fingerprint density at radius 2 is 1.62 bits per heavy atom. The monoisotopic (exact) mass is 462 g/mol. The molecule has 0 saturated carbocycles. The summed E-state index contributed by atoms with van der Waals surface area (Å²) in [4.78, 5) is 2.84. The third kappa shape index (κ3) is 3.11. The summed E-state index contributed by atoms with van der Waals surface area (Å²) in [6, 6.07) is 20.8. The van der Waals surface area contributed by atoms with Crippen molar-refractivity contribution < 1.29 is 4.57 Å². The summed E-state index contributed by atoms with van der Waals surface area (Å²) in [5.41, 5.74) is 7.11. The van der Waals surface area contributed by atoms with Crippen LogP contribution in [-0.2, 0) is 13.5 Å². The molecule has 1 aromatic heterocycles. The second-order valence-electron chi connectivity index (χ2n) is 10.6. The van der Waals surface area contributed by atoms with Gasteiger partial charge in [-0.05, 0) is 69.5 Å². The van der Waals surface area contributed by atoms with Crippen molar-refractivity contribution in [1.82, 2.24) is 0 Å². The lowest BCUT2D eigenvalue weighted by atomic mass is 9.87. The molecule has 0 unspecified atom stereocenters. The Bertz CT molecular complexity index is 1620. The summed E-state index contributed by atoms with van der Waals surface area (Å²) in [6.07, 6.45) is 3.36. The summed E-state index contributed by atoms with van der Waals surface area (Å²) in [5.74, 6) is 1.13. The molecule has 0 saturated heterocycles. The molecule has 0 amide bonds. The Labute approximate surface area is 206 Å². The topological polar surface area (TPSA) is 3.88 Å². The number of aryl methyl sites for hydroxylation is 2. The van der Waals surface area contributed by atoms with E-state index in [1.54, 1.807) is 0 Å². The minimum atomic E-state index is 0.522. The maximum atomic E-state index is 2.43. The van der Waals surface area contributed by atoms with Crippen molar-refractivity contribution in [2.24, 2.45) is 13.0 Å². The van der Waals surface area contributed by atoms with Crippen LogP contribution < -0.4 is 4.57 Å². The molecule has 1 nitrogen and oxygen atoms in total. The van der Waals surface area contributed by atoms with Gasteiger partial charge in [0.25, 0.3) is 0 Å². The van der Waals surface area contributed by atoms with Gasteiger partial charge < -0.3 is 0 Å². The zero-order valence-electron chi connectivity index (χ0n) is 21.0. The van der Waals surface area contributed by atoms with Gasteiger partial charge in [0.05, 0.1) is 10.9 Å². The predicted molar refractivity (Wildman–Crippen MR) is 147 cm³/mol. The fraction of sp³-hybridized carbons (Fsp3) is 0.281. The number of pyridine rings is 1. The number of aromatic nitrogens is 1. The van der Waals surface area contributed by atoms with Gasteiger partial charge in [0.2, 0.25) is 5.69 Å². The third-order valence-corrected chi connectivity index (χ3v) is 8.68. The van der Waals surface area contributed by atoms with Gasteiger partial charge in [0.15, 0.2) is 6.20 Å². The summed E-state index contributed by atoms with van der Waals surface area (Å²) < 4.78 is 2.35. The molecule has 5 aromatic rings. The van der Waals surface area contributed by atoms with Crippen molar-refractivity contribution in [3.05, 3.63) is 77.5 Å². The molecule has 34 heavy (non-hydrogen) atoms. The van der Waals surface area contributed by atoms with Crippen LogP contribution >= 0.6 is 11.8 Å². The molecule has 1 aliphatic rings. The Balaban J connectivity index is 1.79. The van der Waals surface area contributed by atoms with Crippen molar-refractivity contribution >= 4 is 44.1 Å². The second kappa shape index (κ2) is 7.85. The maximum absolute atomic E-state index is 2.43. The van der Waals surface area contributed by atoms with Crippen LogP contribution in [0.25, 0.3) is 43.6 Å². The highest BCUT2D eigenvalue weighted by atomic mass is 32.2. The van der Waals surface area contributed by atoms with E-state index in [1.165, 1.54) is 70.1 Å². The number of fused-ring (bicyclic) bond motifs is 5. The first-order chi connectivity index (χ1) is 16.3. The molecular weight excluding hydrogens is 430 g/mol. The molecule has 2 heterocycles. The van der Waals surface area contributed by atoms with Crippen molar-refractivity contribution in [2.45, 2.75) is 56.7 Å². The highest BCUT2D eigenvalue weighted by Crippen LogP contribution is 2.53. The van der Waals surface area contributed by atoms with Crippen LogP contribution in [0.2, 0.25) is 0 Å². The van der Waals surface area contributed by atoms with E-state index in [2.05, 4.69) is 107 Å². The summed E-state index contributed by atoms with van der Waals surface area (Å²) in [5, 5.41) is 8.30. The third-order valence-electron chi connectivity index (χ3n) is 7.48. The smallest absolute Gasteiger partial charge is 0.200 e. The first-order valence-electron chi connectivity index (χ1n) is 12.5. The van der Waals surface area contributed by atoms with E-state index >= 15 is 0 Å². The molecule has 0 aliphatic carbocycles. The Morgan fingerprint density at radius 3 is 2.35 bits per heavy atom. The lowest BCUT2D eigenvalue weighted by Gasteiger charge is -2.26. The first-order valence-corrected chi connectivity index (χ1v) is 13.3. The van der Waals surface area contributed by atoms with E-state index in [0.717, 1.165) is 6.42 Å². The molecule has 0 bridgehead atoms. The lowest BCUT2D eigenvalue weighted by molar-refractivity contribution is -0.659. The van der Waals surface area contributed by atoms with E-state index in [4.69, 9.17) is 0 Å². The van der Waals surface area contributed by atoms with Gasteiger partial charge in [-0.25, -0.2) is 4.57 Å². The molecule has 170 valence electrons. The van der Waals surface area contributed by atoms with Gasteiger partial charge >= 0.3 is 0 Å². The fourth-order valence-electron chi connectivity index (χ4n) is 5.78. The van der Waals surface area contributed by atoms with Gasteiger partial charge in [-0.3, -0.25) is 0 Å². The van der Waals surface area contributed by atoms with E-state index < -0.39 is 0 Å². The first kappa shape index (κ1) is 21.7. The SMILES string of the molecule is Cc1c2c(c(CC(C)C)c3ccccc13)Sc1cc3ccc(C(C)C)cc3c3cc[n+](C)c-2c13. The van der Waals surface area contributed by atoms with Gasteiger partial charge in [0, 0.05) is 21.2 Å². The van der Waals surface area contributed by atoms with Crippen molar-refractivity contribution in [1.29, 1.82) is 0 Å². The fourth-order valence-corrected chi connectivity index (χ4v) is 7.16. The molecule has 1 aliphatic heterocycles. The summed E-state index contributed by atoms with van der Waals surface area (Å²) in [7, 11) is 2.21. The molecule has 0 radical (unpaired) electrons. The van der Waals surface area contributed by atoms with Crippen LogP contribution in [-0.4, -0.2) is 0 Å². The average Bonchev–Trinajstić information content (AvgIpc) is 2.82. The molecule has 0 N–H and O–H groups in total. The number of benzene rings is 4. The highest BCUT2D eigenvalue weighted by Gasteiger charge is 2.32. The van der Waals surface area contributed by atoms with Crippen LogP contribution in [0.4, 0.5) is 0 Å². The molecular formula is C32H32NS+. The zero-order valence-corrected chi connectivity index (χ0v) is 21.8. The average molecular weight is 463 g/mol. The van der Waals surface area contributed by atoms with Crippen LogP contribution in [0.5, 0.6) is 0 Å². The van der Waals surface area contributed by atoms with Crippen molar-refractivity contribution in [2.75, 3.05) is 0 Å². The maximum Gasteiger partial charge on any atom is 0.222 e. The lowest BCUT2D eigenvalue weighted by Crippen LogP contribution is -2.32. The van der Waals surface area contributed by atoms with Crippen LogP contribution in [0, 0.1) is 12.8 Å². The van der Waals surface area contributed by atoms with E-state index in [0.29, 0.717) is 11.8 Å². The van der Waals surface area contributed by atoms with E-state index in [9.17, 15) is 0 Å². The number of hydrogen-bond donors (Lipinski definition) is 0. The van der Waals surface area contributed by atoms with Crippen molar-refractivity contribution in [3.63, 3.8) is 0 Å². The molecule has 0 spiro atoms. The number of hydrogen-bond acceptors (Lipinski definition) is 1. The van der Waals surface area contributed by atoms with Crippen LogP contribution in [0.3, 0.4) is 0 Å². The highest BCUT2D eigenvalue weighted by molar-refractivity contribution is 8.00. The van der Waals surface area contributed by atoms with Gasteiger partial charge in [-0.1, -0.05) is 81.9 Å². The zero-order chi connectivity index (χ0) is 23.7. The normalized spacial score (nSPS) is 12.9. The quantitative estimate of drug-likeness (QED) is 0.188. The molecule has 0 fully saturated rings. The molecule has 6 rings (SSSR count). The van der Waals surface area contributed by atoms with Gasteiger partial charge in [-0.15, -0.1) is 0 Å². The van der Waals surface area contributed by atoms with E-state index in [1.807, 2.05) is 11.8 Å².